The number of para-hydroxylation sites is 1. The number of benzene rings is 2. The van der Waals surface area contributed by atoms with Gasteiger partial charge in [-0.1, -0.05) is 31.2 Å². The standard InChI is InChI=1S/C25H29N3O3/c1-17-7-6-12-28(16-17)24-14-20(19-8-4-5-9-21(19)27-24)25(29)26-15-18-10-11-22(30-2)23(13-18)31-3/h4-5,8-11,13-14,17H,6-7,12,15-16H2,1-3H3,(H,26,29). The van der Waals surface area contributed by atoms with Crippen LogP contribution in [0, 0.1) is 5.92 Å². The third-order valence-electron chi connectivity index (χ3n) is 5.83. The highest BCUT2D eigenvalue weighted by Crippen LogP contribution is 2.28. The van der Waals surface area contributed by atoms with Crippen LogP contribution in [0.15, 0.2) is 48.5 Å². The minimum atomic E-state index is -0.111. The van der Waals surface area contributed by atoms with Crippen molar-refractivity contribution in [1.82, 2.24) is 10.3 Å². The Bertz CT molecular complexity index is 1080. The number of hydrogen-bond donors (Lipinski definition) is 1. The Morgan fingerprint density at radius 1 is 1.13 bits per heavy atom. The number of carbonyl (C=O) groups excluding carboxylic acids is 1. The molecule has 1 amide bonds. The number of nitrogens with zero attached hydrogens (tertiary/aromatic N) is 2. The number of pyridine rings is 1. The fourth-order valence-corrected chi connectivity index (χ4v) is 4.18. The zero-order valence-electron chi connectivity index (χ0n) is 18.4. The largest absolute Gasteiger partial charge is 0.493 e. The number of rotatable bonds is 6. The van der Waals surface area contributed by atoms with E-state index in [0.717, 1.165) is 41.8 Å². The third-order valence-corrected chi connectivity index (χ3v) is 5.83. The molecule has 1 atom stereocenters. The van der Waals surface area contributed by atoms with E-state index in [1.165, 1.54) is 6.42 Å². The lowest BCUT2D eigenvalue weighted by Gasteiger charge is -2.32. The van der Waals surface area contributed by atoms with Crippen molar-refractivity contribution < 1.29 is 14.3 Å². The molecular weight excluding hydrogens is 390 g/mol. The molecule has 6 heteroatoms. The number of ether oxygens (including phenoxy) is 2. The molecule has 1 unspecified atom stereocenters. The summed E-state index contributed by atoms with van der Waals surface area (Å²) in [5, 5.41) is 3.92. The Morgan fingerprint density at radius 2 is 1.94 bits per heavy atom. The van der Waals surface area contributed by atoms with Crippen LogP contribution in [0.1, 0.15) is 35.7 Å². The van der Waals surface area contributed by atoms with Crippen molar-refractivity contribution in [2.45, 2.75) is 26.3 Å². The summed E-state index contributed by atoms with van der Waals surface area (Å²) >= 11 is 0. The summed E-state index contributed by atoms with van der Waals surface area (Å²) < 4.78 is 10.7. The second-order valence-corrected chi connectivity index (χ2v) is 8.11. The Hall–Kier alpha value is -3.28. The lowest BCUT2D eigenvalue weighted by atomic mass is 10.00. The van der Waals surface area contributed by atoms with Crippen LogP contribution in [0.5, 0.6) is 11.5 Å². The van der Waals surface area contributed by atoms with Crippen LogP contribution < -0.4 is 19.7 Å². The van der Waals surface area contributed by atoms with Crippen LogP contribution in [-0.2, 0) is 6.54 Å². The van der Waals surface area contributed by atoms with Crippen LogP contribution in [0.25, 0.3) is 10.9 Å². The zero-order valence-corrected chi connectivity index (χ0v) is 18.4. The van der Waals surface area contributed by atoms with E-state index in [1.54, 1.807) is 14.2 Å². The summed E-state index contributed by atoms with van der Waals surface area (Å²) in [6.45, 7) is 4.61. The zero-order chi connectivity index (χ0) is 21.8. The maximum atomic E-state index is 13.2. The molecule has 1 aliphatic heterocycles. The Morgan fingerprint density at radius 3 is 2.71 bits per heavy atom. The topological polar surface area (TPSA) is 63.7 Å². The summed E-state index contributed by atoms with van der Waals surface area (Å²) in [4.78, 5) is 20.3. The Balaban J connectivity index is 1.59. The van der Waals surface area contributed by atoms with E-state index in [-0.39, 0.29) is 5.91 Å². The number of methoxy groups -OCH3 is 2. The van der Waals surface area contributed by atoms with Crippen molar-refractivity contribution in [3.8, 4) is 11.5 Å². The fraction of sp³-hybridized carbons (Fsp3) is 0.360. The molecule has 2 aromatic carbocycles. The van der Waals surface area contributed by atoms with Gasteiger partial charge in [0.1, 0.15) is 5.82 Å². The molecule has 0 radical (unpaired) electrons. The quantitative estimate of drug-likeness (QED) is 0.641. The summed E-state index contributed by atoms with van der Waals surface area (Å²) in [7, 11) is 3.21. The number of amides is 1. The maximum Gasteiger partial charge on any atom is 0.252 e. The van der Waals surface area contributed by atoms with Gasteiger partial charge >= 0.3 is 0 Å². The minimum absolute atomic E-state index is 0.111. The second-order valence-electron chi connectivity index (χ2n) is 8.11. The van der Waals surface area contributed by atoms with Gasteiger partial charge in [-0.3, -0.25) is 4.79 Å². The predicted octanol–water partition coefficient (Wildman–Crippen LogP) is 4.42. The second kappa shape index (κ2) is 9.25. The lowest BCUT2D eigenvalue weighted by Crippen LogP contribution is -2.35. The van der Waals surface area contributed by atoms with Crippen molar-refractivity contribution in [2.24, 2.45) is 5.92 Å². The maximum absolute atomic E-state index is 13.2. The third kappa shape index (κ3) is 4.58. The van der Waals surface area contributed by atoms with Gasteiger partial charge in [-0.05, 0) is 48.6 Å². The van der Waals surface area contributed by atoms with E-state index < -0.39 is 0 Å². The molecular formula is C25H29N3O3. The van der Waals surface area contributed by atoms with Gasteiger partial charge in [-0.2, -0.15) is 0 Å². The first-order valence-corrected chi connectivity index (χ1v) is 10.7. The molecule has 0 spiro atoms. The molecule has 0 aliphatic carbocycles. The van der Waals surface area contributed by atoms with Gasteiger partial charge in [0.05, 0.1) is 25.3 Å². The first-order chi connectivity index (χ1) is 15.1. The molecule has 162 valence electrons. The van der Waals surface area contributed by atoms with E-state index in [1.807, 2.05) is 48.5 Å². The molecule has 0 saturated carbocycles. The van der Waals surface area contributed by atoms with Gasteiger partial charge in [0.2, 0.25) is 0 Å². The van der Waals surface area contributed by atoms with Crippen molar-refractivity contribution in [3.63, 3.8) is 0 Å². The van der Waals surface area contributed by atoms with Gasteiger partial charge in [0, 0.05) is 25.0 Å². The first kappa shape index (κ1) is 21.0. The average molecular weight is 420 g/mol. The van der Waals surface area contributed by atoms with Crippen LogP contribution in [0.3, 0.4) is 0 Å². The van der Waals surface area contributed by atoms with Gasteiger partial charge in [0.15, 0.2) is 11.5 Å². The normalized spacial score (nSPS) is 16.2. The molecule has 3 aromatic rings. The van der Waals surface area contributed by atoms with Gasteiger partial charge in [-0.25, -0.2) is 4.98 Å². The van der Waals surface area contributed by atoms with Crippen molar-refractivity contribution in [3.05, 3.63) is 59.7 Å². The first-order valence-electron chi connectivity index (χ1n) is 10.7. The van der Waals surface area contributed by atoms with Gasteiger partial charge < -0.3 is 19.7 Å². The summed E-state index contributed by atoms with van der Waals surface area (Å²) in [6, 6.07) is 15.4. The van der Waals surface area contributed by atoms with E-state index in [9.17, 15) is 4.79 Å². The van der Waals surface area contributed by atoms with Crippen molar-refractivity contribution in [1.29, 1.82) is 0 Å². The number of hydrogen-bond acceptors (Lipinski definition) is 5. The summed E-state index contributed by atoms with van der Waals surface area (Å²) in [6.07, 6.45) is 2.39. The monoisotopic (exact) mass is 419 g/mol. The highest BCUT2D eigenvalue weighted by molar-refractivity contribution is 6.07. The SMILES string of the molecule is COc1ccc(CNC(=O)c2cc(N3CCCC(C)C3)nc3ccccc23)cc1OC. The van der Waals surface area contributed by atoms with E-state index in [4.69, 9.17) is 14.5 Å². The van der Waals surface area contributed by atoms with Crippen molar-refractivity contribution in [2.75, 3.05) is 32.2 Å². The molecule has 4 rings (SSSR count). The number of piperidine rings is 1. The minimum Gasteiger partial charge on any atom is -0.493 e. The van der Waals surface area contributed by atoms with Crippen LogP contribution >= 0.6 is 0 Å². The number of anilines is 1. The van der Waals surface area contributed by atoms with E-state index in [2.05, 4.69) is 17.1 Å². The molecule has 1 aliphatic rings. The fourth-order valence-electron chi connectivity index (χ4n) is 4.18. The number of carbonyl (C=O) groups is 1. The molecule has 6 nitrogen and oxygen atoms in total. The molecule has 1 N–H and O–H groups in total. The average Bonchev–Trinajstić information content (AvgIpc) is 2.81. The summed E-state index contributed by atoms with van der Waals surface area (Å²) in [5.74, 6) is 2.70. The van der Waals surface area contributed by atoms with E-state index >= 15 is 0 Å². The Labute approximate surface area is 183 Å². The molecule has 1 fully saturated rings. The molecule has 0 bridgehead atoms. The molecule has 1 aromatic heterocycles. The lowest BCUT2D eigenvalue weighted by molar-refractivity contribution is 0.0952. The summed E-state index contributed by atoms with van der Waals surface area (Å²) in [5.41, 5.74) is 2.43. The predicted molar refractivity (Wildman–Crippen MR) is 123 cm³/mol. The highest BCUT2D eigenvalue weighted by atomic mass is 16.5. The highest BCUT2D eigenvalue weighted by Gasteiger charge is 2.20. The van der Waals surface area contributed by atoms with E-state index in [0.29, 0.717) is 29.5 Å². The Kier molecular flexibility index (Phi) is 6.26. The smallest absolute Gasteiger partial charge is 0.252 e. The number of nitrogens with one attached hydrogen (secondary N) is 1. The van der Waals surface area contributed by atoms with Crippen molar-refractivity contribution >= 4 is 22.6 Å². The number of aromatic nitrogens is 1. The van der Waals surface area contributed by atoms with Crippen LogP contribution in [0.2, 0.25) is 0 Å². The van der Waals surface area contributed by atoms with Crippen LogP contribution in [0.4, 0.5) is 5.82 Å². The van der Waals surface area contributed by atoms with Gasteiger partial charge in [0.25, 0.3) is 5.91 Å². The molecule has 2 heterocycles. The molecule has 1 saturated heterocycles. The molecule has 31 heavy (non-hydrogen) atoms. The van der Waals surface area contributed by atoms with Crippen LogP contribution in [-0.4, -0.2) is 38.2 Å². The number of fused-ring (bicyclic) bond motifs is 1. The van der Waals surface area contributed by atoms with Gasteiger partial charge in [-0.15, -0.1) is 0 Å².